The highest BCUT2D eigenvalue weighted by Crippen LogP contribution is 2.29. The van der Waals surface area contributed by atoms with Gasteiger partial charge in [0.2, 0.25) is 0 Å². The molecule has 0 bridgehead atoms. The molecule has 1 aromatic carbocycles. The van der Waals surface area contributed by atoms with Crippen molar-refractivity contribution in [3.05, 3.63) is 47.2 Å². The van der Waals surface area contributed by atoms with Gasteiger partial charge in [-0.1, -0.05) is 30.3 Å². The van der Waals surface area contributed by atoms with Crippen LogP contribution in [0.15, 0.2) is 30.3 Å². The van der Waals surface area contributed by atoms with Crippen molar-refractivity contribution in [2.24, 2.45) is 0 Å². The molecule has 0 saturated heterocycles. The predicted molar refractivity (Wildman–Crippen MR) is 73.6 cm³/mol. The van der Waals surface area contributed by atoms with Crippen LogP contribution in [0.2, 0.25) is 0 Å². The van der Waals surface area contributed by atoms with E-state index in [2.05, 4.69) is 4.98 Å². The number of nitrogens with one attached hydrogen (secondary N) is 1. The summed E-state index contributed by atoms with van der Waals surface area (Å²) in [7, 11) is 2.55. The average Bonchev–Trinajstić information content (AvgIpc) is 2.84. The third-order valence-electron chi connectivity index (χ3n) is 3.03. The van der Waals surface area contributed by atoms with E-state index in [1.165, 1.54) is 14.2 Å². The third-order valence-corrected chi connectivity index (χ3v) is 3.03. The van der Waals surface area contributed by atoms with Gasteiger partial charge in [-0.05, 0) is 12.5 Å². The smallest absolute Gasteiger partial charge is 0.340 e. The van der Waals surface area contributed by atoms with Crippen LogP contribution in [0.3, 0.4) is 0 Å². The highest BCUT2D eigenvalue weighted by molar-refractivity contribution is 6.08. The molecule has 0 aliphatic rings. The summed E-state index contributed by atoms with van der Waals surface area (Å²) in [5.41, 5.74) is 2.32. The van der Waals surface area contributed by atoms with E-state index < -0.39 is 11.9 Å². The maximum atomic E-state index is 12.0. The number of hydrogen-bond acceptors (Lipinski definition) is 4. The molecule has 5 nitrogen and oxygen atoms in total. The average molecular weight is 273 g/mol. The number of esters is 2. The van der Waals surface area contributed by atoms with Crippen molar-refractivity contribution >= 4 is 11.9 Å². The molecular weight excluding hydrogens is 258 g/mol. The Kier molecular flexibility index (Phi) is 3.89. The normalized spacial score (nSPS) is 10.2. The molecule has 0 fully saturated rings. The van der Waals surface area contributed by atoms with Gasteiger partial charge in [0.15, 0.2) is 0 Å². The predicted octanol–water partition coefficient (Wildman–Crippen LogP) is 2.56. The van der Waals surface area contributed by atoms with Crippen LogP contribution in [-0.2, 0) is 9.47 Å². The first-order valence-corrected chi connectivity index (χ1v) is 6.04. The Morgan fingerprint density at radius 3 is 2.05 bits per heavy atom. The van der Waals surface area contributed by atoms with Crippen LogP contribution < -0.4 is 0 Å². The zero-order valence-corrected chi connectivity index (χ0v) is 11.5. The summed E-state index contributed by atoms with van der Waals surface area (Å²) in [4.78, 5) is 26.9. The minimum Gasteiger partial charge on any atom is -0.465 e. The van der Waals surface area contributed by atoms with Gasteiger partial charge in [0.1, 0.15) is 0 Å². The second kappa shape index (κ2) is 5.61. The van der Waals surface area contributed by atoms with E-state index in [1.807, 2.05) is 30.3 Å². The second-order valence-electron chi connectivity index (χ2n) is 4.22. The van der Waals surface area contributed by atoms with Crippen LogP contribution >= 0.6 is 0 Å². The highest BCUT2D eigenvalue weighted by atomic mass is 16.5. The number of carbonyl (C=O) groups is 2. The molecule has 2 aromatic rings. The van der Waals surface area contributed by atoms with E-state index in [0.717, 1.165) is 5.56 Å². The first-order chi connectivity index (χ1) is 9.60. The Balaban J connectivity index is 2.70. The Morgan fingerprint density at radius 1 is 0.950 bits per heavy atom. The summed E-state index contributed by atoms with van der Waals surface area (Å²) in [6.07, 6.45) is 0. The van der Waals surface area contributed by atoms with Crippen molar-refractivity contribution < 1.29 is 19.1 Å². The molecular formula is C15H15NO4. The van der Waals surface area contributed by atoms with Gasteiger partial charge in [-0.15, -0.1) is 0 Å². The van der Waals surface area contributed by atoms with Gasteiger partial charge in [-0.2, -0.15) is 0 Å². The molecule has 1 heterocycles. The van der Waals surface area contributed by atoms with E-state index in [-0.39, 0.29) is 11.1 Å². The Labute approximate surface area is 116 Å². The molecule has 1 N–H and O–H groups in total. The van der Waals surface area contributed by atoms with Crippen LogP contribution in [-0.4, -0.2) is 31.1 Å². The van der Waals surface area contributed by atoms with Gasteiger partial charge in [0.25, 0.3) is 0 Å². The Morgan fingerprint density at radius 2 is 1.50 bits per heavy atom. The van der Waals surface area contributed by atoms with E-state index in [4.69, 9.17) is 9.47 Å². The number of benzene rings is 1. The van der Waals surface area contributed by atoms with Gasteiger partial charge < -0.3 is 14.5 Å². The van der Waals surface area contributed by atoms with Crippen molar-refractivity contribution in [2.75, 3.05) is 14.2 Å². The minimum atomic E-state index is -0.575. The van der Waals surface area contributed by atoms with Crippen molar-refractivity contribution in [1.82, 2.24) is 4.98 Å². The zero-order chi connectivity index (χ0) is 14.7. The van der Waals surface area contributed by atoms with Gasteiger partial charge in [0, 0.05) is 5.69 Å². The summed E-state index contributed by atoms with van der Waals surface area (Å²) in [5.74, 6) is -1.14. The van der Waals surface area contributed by atoms with Crippen LogP contribution in [0.25, 0.3) is 11.3 Å². The maximum absolute atomic E-state index is 12.0. The van der Waals surface area contributed by atoms with Crippen LogP contribution in [0, 0.1) is 6.92 Å². The molecule has 20 heavy (non-hydrogen) atoms. The third kappa shape index (κ3) is 2.30. The molecule has 1 aromatic heterocycles. The first-order valence-electron chi connectivity index (χ1n) is 6.04. The zero-order valence-electron chi connectivity index (χ0n) is 11.5. The second-order valence-corrected chi connectivity index (χ2v) is 4.22. The number of methoxy groups -OCH3 is 2. The lowest BCUT2D eigenvalue weighted by molar-refractivity contribution is 0.0556. The summed E-state index contributed by atoms with van der Waals surface area (Å²) in [6.45, 7) is 1.71. The monoisotopic (exact) mass is 273 g/mol. The number of H-pyrrole nitrogens is 1. The number of aryl methyl sites for hydroxylation is 1. The molecule has 2 rings (SSSR count). The number of rotatable bonds is 3. The van der Waals surface area contributed by atoms with Crippen LogP contribution in [0.5, 0.6) is 0 Å². The maximum Gasteiger partial charge on any atom is 0.340 e. The SMILES string of the molecule is COC(=O)c1c(C)[nH]c(-c2ccccc2)c1C(=O)OC. The van der Waals surface area contributed by atoms with E-state index >= 15 is 0 Å². The number of aromatic amines is 1. The molecule has 0 aliphatic heterocycles. The van der Waals surface area contributed by atoms with E-state index in [0.29, 0.717) is 11.4 Å². The van der Waals surface area contributed by atoms with Crippen molar-refractivity contribution in [3.8, 4) is 11.3 Å². The molecule has 0 amide bonds. The van der Waals surface area contributed by atoms with Gasteiger partial charge in [-0.25, -0.2) is 9.59 Å². The van der Waals surface area contributed by atoms with Gasteiger partial charge in [0.05, 0.1) is 31.0 Å². The summed E-state index contributed by atoms with van der Waals surface area (Å²) >= 11 is 0. The van der Waals surface area contributed by atoms with Gasteiger partial charge >= 0.3 is 11.9 Å². The Hall–Kier alpha value is -2.56. The fraction of sp³-hybridized carbons (Fsp3) is 0.200. The van der Waals surface area contributed by atoms with Crippen LogP contribution in [0.4, 0.5) is 0 Å². The Bertz CT molecular complexity index is 643. The van der Waals surface area contributed by atoms with E-state index in [1.54, 1.807) is 6.92 Å². The number of hydrogen-bond donors (Lipinski definition) is 1. The topological polar surface area (TPSA) is 68.4 Å². The molecule has 0 unspecified atom stereocenters. The molecule has 0 aliphatic carbocycles. The molecule has 0 spiro atoms. The highest BCUT2D eigenvalue weighted by Gasteiger charge is 2.27. The summed E-state index contributed by atoms with van der Waals surface area (Å²) < 4.78 is 9.52. The van der Waals surface area contributed by atoms with Crippen molar-refractivity contribution in [2.45, 2.75) is 6.92 Å². The number of carbonyl (C=O) groups excluding carboxylic acids is 2. The molecule has 104 valence electrons. The number of ether oxygens (including phenoxy) is 2. The van der Waals surface area contributed by atoms with Crippen molar-refractivity contribution in [3.63, 3.8) is 0 Å². The summed E-state index contributed by atoms with van der Waals surface area (Å²) in [5, 5.41) is 0. The first kappa shape index (κ1) is 13.9. The summed E-state index contributed by atoms with van der Waals surface area (Å²) in [6, 6.07) is 9.27. The standard InChI is InChI=1S/C15H15NO4/c1-9-11(14(17)19-2)12(15(18)20-3)13(16-9)10-7-5-4-6-8-10/h4-8,16H,1-3H3. The van der Waals surface area contributed by atoms with E-state index in [9.17, 15) is 9.59 Å². The fourth-order valence-electron chi connectivity index (χ4n) is 2.11. The quantitative estimate of drug-likeness (QED) is 0.873. The largest absolute Gasteiger partial charge is 0.465 e. The lowest BCUT2D eigenvalue weighted by atomic mass is 10.0. The van der Waals surface area contributed by atoms with Crippen LogP contribution in [0.1, 0.15) is 26.4 Å². The van der Waals surface area contributed by atoms with Crippen molar-refractivity contribution in [1.29, 1.82) is 0 Å². The molecule has 0 atom stereocenters. The minimum absolute atomic E-state index is 0.197. The molecule has 0 saturated carbocycles. The van der Waals surface area contributed by atoms with Gasteiger partial charge in [-0.3, -0.25) is 0 Å². The lowest BCUT2D eigenvalue weighted by Crippen LogP contribution is -2.11. The molecule has 0 radical (unpaired) electrons. The number of aromatic nitrogens is 1. The molecule has 5 heteroatoms. The fourth-order valence-corrected chi connectivity index (χ4v) is 2.11. The lowest BCUT2D eigenvalue weighted by Gasteiger charge is -2.05.